The van der Waals surface area contributed by atoms with Crippen molar-refractivity contribution in [3.05, 3.63) is 0 Å². The molecular weight excluding hydrogens is 368 g/mol. The second-order valence-electron chi connectivity index (χ2n) is 9.42. The predicted octanol–water partition coefficient (Wildman–Crippen LogP) is 2.35. The maximum absolute atomic E-state index is 12.1. The van der Waals surface area contributed by atoms with E-state index in [1.165, 1.54) is 0 Å². The number of rotatable bonds is 10. The number of hydrogen-bond acceptors (Lipinski definition) is 6. The highest BCUT2D eigenvalue weighted by molar-refractivity contribution is 7.91. The highest BCUT2D eigenvalue weighted by atomic mass is 32.2. The molecule has 0 amide bonds. The van der Waals surface area contributed by atoms with Gasteiger partial charge < -0.3 is 18.9 Å². The maximum Gasteiger partial charge on any atom is 0.154 e. The number of hydrogen-bond donors (Lipinski definition) is 0. The predicted molar refractivity (Wildman–Crippen MR) is 102 cm³/mol. The fourth-order valence-corrected chi connectivity index (χ4v) is 5.66. The normalized spacial score (nSPS) is 43.0. The first-order valence-corrected chi connectivity index (χ1v) is 12.3. The summed E-state index contributed by atoms with van der Waals surface area (Å²) in [6, 6.07) is 0. The molecule has 0 spiro atoms. The Kier molecular flexibility index (Phi) is 5.62. The van der Waals surface area contributed by atoms with Crippen molar-refractivity contribution in [2.45, 2.75) is 75.8 Å². The Labute approximate surface area is 163 Å². The van der Waals surface area contributed by atoms with Gasteiger partial charge in [0, 0.05) is 13.2 Å². The molecule has 2 aliphatic carbocycles. The molecule has 2 saturated carbocycles. The summed E-state index contributed by atoms with van der Waals surface area (Å²) in [5.74, 6) is 1.17. The van der Waals surface area contributed by atoms with Crippen LogP contribution in [0.1, 0.15) is 52.4 Å². The largest absolute Gasteiger partial charge is 0.380 e. The van der Waals surface area contributed by atoms with Gasteiger partial charge in [-0.3, -0.25) is 0 Å². The van der Waals surface area contributed by atoms with Gasteiger partial charge in [-0.15, -0.1) is 0 Å². The first-order valence-electron chi connectivity index (χ1n) is 10.5. The molecule has 6 nitrogen and oxygen atoms in total. The van der Waals surface area contributed by atoms with E-state index in [9.17, 15) is 8.42 Å². The average molecular weight is 403 g/mol. The molecule has 156 valence electrons. The molecule has 2 heterocycles. The Morgan fingerprint density at radius 1 is 0.852 bits per heavy atom. The van der Waals surface area contributed by atoms with E-state index in [0.29, 0.717) is 37.3 Å². The third kappa shape index (κ3) is 5.04. The van der Waals surface area contributed by atoms with Crippen LogP contribution in [0.3, 0.4) is 0 Å². The highest BCUT2D eigenvalue weighted by Gasteiger charge is 2.55. The summed E-state index contributed by atoms with van der Waals surface area (Å²) in [5, 5.41) is 0. The van der Waals surface area contributed by atoms with Crippen molar-refractivity contribution in [3.63, 3.8) is 0 Å². The van der Waals surface area contributed by atoms with Crippen molar-refractivity contribution in [1.82, 2.24) is 0 Å². The van der Waals surface area contributed by atoms with Crippen molar-refractivity contribution in [2.75, 3.05) is 37.9 Å². The molecule has 0 aromatic heterocycles. The van der Waals surface area contributed by atoms with E-state index >= 15 is 0 Å². The third-order valence-corrected chi connectivity index (χ3v) is 8.63. The summed E-state index contributed by atoms with van der Waals surface area (Å²) in [7, 11) is -3.11. The number of ether oxygens (including phenoxy) is 4. The van der Waals surface area contributed by atoms with Crippen LogP contribution < -0.4 is 0 Å². The van der Waals surface area contributed by atoms with Crippen LogP contribution in [0.2, 0.25) is 0 Å². The van der Waals surface area contributed by atoms with Crippen LogP contribution in [0.5, 0.6) is 0 Å². The van der Waals surface area contributed by atoms with Crippen LogP contribution in [-0.2, 0) is 28.8 Å². The third-order valence-electron chi connectivity index (χ3n) is 7.05. The van der Waals surface area contributed by atoms with E-state index in [2.05, 4.69) is 13.8 Å². The molecule has 4 aliphatic rings. The minimum absolute atomic E-state index is 0.0818. The van der Waals surface area contributed by atoms with Gasteiger partial charge in [0.25, 0.3) is 0 Å². The summed E-state index contributed by atoms with van der Waals surface area (Å²) in [6.07, 6.45) is 7.28. The zero-order valence-corrected chi connectivity index (χ0v) is 17.5. The molecule has 27 heavy (non-hydrogen) atoms. The number of sulfone groups is 1. The van der Waals surface area contributed by atoms with Crippen molar-refractivity contribution < 1.29 is 27.4 Å². The van der Waals surface area contributed by atoms with Crippen LogP contribution in [0.4, 0.5) is 0 Å². The molecule has 2 saturated heterocycles. The lowest BCUT2D eigenvalue weighted by Crippen LogP contribution is -2.26. The van der Waals surface area contributed by atoms with Crippen LogP contribution in [-0.4, -0.2) is 69.8 Å². The smallest absolute Gasteiger partial charge is 0.154 e. The molecule has 7 heteroatoms. The highest BCUT2D eigenvalue weighted by Crippen LogP contribution is 2.49. The molecule has 0 N–H and O–H groups in total. The fraction of sp³-hybridized carbons (Fsp3) is 1.00. The Balaban J connectivity index is 1.03. The van der Waals surface area contributed by atoms with E-state index in [-0.39, 0.29) is 35.9 Å². The monoisotopic (exact) mass is 402 g/mol. The standard InChI is InChI=1S/C20H34O6S/c1-19-5-3-15(11-17(19)25-19)13-23-7-9-27(21,22)10-8-24-14-16-4-6-20(2)18(12-16)26-20/h15-18H,3-14H2,1-2H3. The lowest BCUT2D eigenvalue weighted by Gasteiger charge is -2.22. The van der Waals surface area contributed by atoms with Gasteiger partial charge in [0.05, 0.1) is 48.1 Å². The van der Waals surface area contributed by atoms with Crippen LogP contribution >= 0.6 is 0 Å². The van der Waals surface area contributed by atoms with Gasteiger partial charge in [0.2, 0.25) is 0 Å². The molecule has 0 bridgehead atoms. The van der Waals surface area contributed by atoms with E-state index in [0.717, 1.165) is 38.5 Å². The lowest BCUT2D eigenvalue weighted by molar-refractivity contribution is 0.0941. The second-order valence-corrected chi connectivity index (χ2v) is 11.7. The zero-order valence-electron chi connectivity index (χ0n) is 16.7. The van der Waals surface area contributed by atoms with Crippen molar-refractivity contribution >= 4 is 9.84 Å². The van der Waals surface area contributed by atoms with Gasteiger partial charge in [0.15, 0.2) is 9.84 Å². The minimum atomic E-state index is -3.11. The SMILES string of the molecule is CC12CCC(COCCS(=O)(=O)CCOCC3CCC4(C)OC4C3)CC1O2. The molecule has 0 aromatic rings. The molecule has 4 fully saturated rings. The first-order chi connectivity index (χ1) is 12.8. The second kappa shape index (κ2) is 7.56. The van der Waals surface area contributed by atoms with Crippen LogP contribution in [0.15, 0.2) is 0 Å². The Bertz CT molecular complexity index is 588. The first kappa shape index (κ1) is 20.1. The molecule has 2 aliphatic heterocycles. The van der Waals surface area contributed by atoms with E-state index in [1.807, 2.05) is 0 Å². The maximum atomic E-state index is 12.1. The summed E-state index contributed by atoms with van der Waals surface area (Å²) >= 11 is 0. The van der Waals surface area contributed by atoms with Crippen LogP contribution in [0, 0.1) is 11.8 Å². The Hall–Kier alpha value is -0.210. The molecule has 4 rings (SSSR count). The minimum Gasteiger partial charge on any atom is -0.380 e. The van der Waals surface area contributed by atoms with E-state index in [1.54, 1.807) is 0 Å². The zero-order chi connectivity index (χ0) is 19.1. The average Bonchev–Trinajstić information content (AvgIpc) is 3.48. The van der Waals surface area contributed by atoms with Gasteiger partial charge in [-0.2, -0.15) is 0 Å². The summed E-state index contributed by atoms with van der Waals surface area (Å²) in [4.78, 5) is 0. The molecule has 6 atom stereocenters. The van der Waals surface area contributed by atoms with Gasteiger partial charge in [-0.25, -0.2) is 8.42 Å². The summed E-state index contributed by atoms with van der Waals surface area (Å²) in [6.45, 7) is 6.20. The fourth-order valence-electron chi connectivity index (χ4n) is 4.72. The quantitative estimate of drug-likeness (QED) is 0.412. The van der Waals surface area contributed by atoms with Crippen molar-refractivity contribution in [3.8, 4) is 0 Å². The van der Waals surface area contributed by atoms with E-state index < -0.39 is 9.84 Å². The van der Waals surface area contributed by atoms with Gasteiger partial charge in [-0.1, -0.05) is 0 Å². The van der Waals surface area contributed by atoms with Crippen LogP contribution in [0.25, 0.3) is 0 Å². The number of epoxide rings is 2. The molecule has 0 radical (unpaired) electrons. The van der Waals surface area contributed by atoms with Crippen molar-refractivity contribution in [2.24, 2.45) is 11.8 Å². The summed E-state index contributed by atoms with van der Waals surface area (Å²) < 4.78 is 47.0. The molecule has 6 unspecified atom stereocenters. The van der Waals surface area contributed by atoms with Gasteiger partial charge >= 0.3 is 0 Å². The van der Waals surface area contributed by atoms with E-state index in [4.69, 9.17) is 18.9 Å². The molecule has 0 aromatic carbocycles. The Morgan fingerprint density at radius 2 is 1.30 bits per heavy atom. The topological polar surface area (TPSA) is 77.7 Å². The molecular formula is C20H34O6S. The number of fused-ring (bicyclic) bond motifs is 2. The lowest BCUT2D eigenvalue weighted by atomic mass is 9.83. The van der Waals surface area contributed by atoms with Gasteiger partial charge in [0.1, 0.15) is 0 Å². The summed E-state index contributed by atoms with van der Waals surface area (Å²) in [5.41, 5.74) is 0.256. The van der Waals surface area contributed by atoms with Gasteiger partial charge in [-0.05, 0) is 64.2 Å². The Morgan fingerprint density at radius 3 is 1.70 bits per heavy atom. The van der Waals surface area contributed by atoms with Crippen molar-refractivity contribution in [1.29, 1.82) is 0 Å².